The van der Waals surface area contributed by atoms with E-state index in [0.717, 1.165) is 44.9 Å². The van der Waals surface area contributed by atoms with Crippen LogP contribution in [0.1, 0.15) is 23.6 Å². The van der Waals surface area contributed by atoms with Crippen molar-refractivity contribution in [3.8, 4) is 22.6 Å². The number of aromatic nitrogens is 6. The van der Waals surface area contributed by atoms with E-state index in [0.29, 0.717) is 29.1 Å². The Labute approximate surface area is 236 Å². The molecule has 8 heteroatoms. The molecule has 41 heavy (non-hydrogen) atoms. The summed E-state index contributed by atoms with van der Waals surface area (Å²) in [6.45, 7) is 7.75. The third-order valence-corrected chi connectivity index (χ3v) is 6.86. The molecule has 4 heterocycles. The molecule has 0 saturated heterocycles. The number of benzene rings is 2. The first-order chi connectivity index (χ1) is 20.1. The second kappa shape index (κ2) is 11.5. The zero-order valence-electron chi connectivity index (χ0n) is 22.5. The molecule has 2 aromatic carbocycles. The fourth-order valence-electron chi connectivity index (χ4n) is 4.79. The maximum atomic E-state index is 13.9. The number of nitrogens with zero attached hydrogens (tertiary/aromatic N) is 4. The maximum Gasteiger partial charge on any atom is 0.159 e. The average Bonchev–Trinajstić information content (AvgIpc) is 3.61. The predicted octanol–water partition coefficient (Wildman–Crippen LogP) is 5.13. The van der Waals surface area contributed by atoms with Crippen molar-refractivity contribution in [3.05, 3.63) is 125 Å². The fourth-order valence-corrected chi connectivity index (χ4v) is 4.79. The minimum atomic E-state index is -0.313. The van der Waals surface area contributed by atoms with Gasteiger partial charge in [0.15, 0.2) is 5.82 Å². The molecule has 0 fully saturated rings. The van der Waals surface area contributed by atoms with Crippen molar-refractivity contribution in [2.45, 2.75) is 20.0 Å². The van der Waals surface area contributed by atoms with E-state index in [1.807, 2.05) is 55.7 Å². The predicted molar refractivity (Wildman–Crippen MR) is 161 cm³/mol. The van der Waals surface area contributed by atoms with Crippen LogP contribution >= 0.6 is 0 Å². The molecule has 0 saturated carbocycles. The Morgan fingerprint density at radius 3 is 2.61 bits per heavy atom. The fraction of sp³-hybridized carbons (Fsp3) is 0.0909. The van der Waals surface area contributed by atoms with Crippen molar-refractivity contribution in [1.82, 2.24) is 35.5 Å². The van der Waals surface area contributed by atoms with Gasteiger partial charge >= 0.3 is 0 Å². The molecule has 3 N–H and O–H groups in total. The smallest absolute Gasteiger partial charge is 0.159 e. The van der Waals surface area contributed by atoms with Gasteiger partial charge in [0.1, 0.15) is 11.5 Å². The molecule has 7 nitrogen and oxygen atoms in total. The Morgan fingerprint density at radius 2 is 1.78 bits per heavy atom. The quantitative estimate of drug-likeness (QED) is 0.248. The average molecular weight is 542 g/mol. The van der Waals surface area contributed by atoms with Crippen molar-refractivity contribution in [3.63, 3.8) is 0 Å². The zero-order valence-corrected chi connectivity index (χ0v) is 22.5. The van der Waals surface area contributed by atoms with Gasteiger partial charge in [-0.1, -0.05) is 55.1 Å². The van der Waals surface area contributed by atoms with E-state index in [-0.39, 0.29) is 5.82 Å². The third-order valence-electron chi connectivity index (χ3n) is 6.86. The van der Waals surface area contributed by atoms with Crippen LogP contribution in [-0.2, 0) is 13.1 Å². The van der Waals surface area contributed by atoms with E-state index >= 15 is 0 Å². The molecule has 0 radical (unpaired) electrons. The number of H-pyrrole nitrogens is 2. The Bertz CT molecular complexity index is 1970. The molecule has 0 aliphatic heterocycles. The Balaban J connectivity index is 1.31. The highest BCUT2D eigenvalue weighted by molar-refractivity contribution is 5.93. The van der Waals surface area contributed by atoms with Crippen LogP contribution in [0.4, 0.5) is 4.39 Å². The monoisotopic (exact) mass is 541 g/mol. The topological polar surface area (TPSA) is 95.2 Å². The largest absolute Gasteiger partial charge is 0.335 e. The Morgan fingerprint density at radius 1 is 0.951 bits per heavy atom. The summed E-state index contributed by atoms with van der Waals surface area (Å²) in [5.74, 6) is 0.262. The number of halogens is 1. The molecule has 6 rings (SSSR count). The number of hydrogen-bond donors (Lipinski definition) is 3. The van der Waals surface area contributed by atoms with Crippen molar-refractivity contribution < 1.29 is 4.39 Å². The first kappa shape index (κ1) is 26.0. The first-order valence-electron chi connectivity index (χ1n) is 13.3. The normalized spacial score (nSPS) is 12.3. The van der Waals surface area contributed by atoms with Gasteiger partial charge in [-0.25, -0.2) is 9.37 Å². The molecule has 0 atom stereocenters. The van der Waals surface area contributed by atoms with Gasteiger partial charge in [-0.05, 0) is 59.0 Å². The zero-order chi connectivity index (χ0) is 28.2. The third kappa shape index (κ3) is 5.59. The van der Waals surface area contributed by atoms with Gasteiger partial charge in [-0.15, -0.1) is 0 Å². The summed E-state index contributed by atoms with van der Waals surface area (Å²) in [6.07, 6.45) is 11.0. The van der Waals surface area contributed by atoms with Crippen LogP contribution in [0.25, 0.3) is 51.4 Å². The van der Waals surface area contributed by atoms with Crippen LogP contribution in [0, 0.1) is 5.82 Å². The lowest BCUT2D eigenvalue weighted by atomic mass is 10.1. The lowest BCUT2D eigenvalue weighted by molar-refractivity contribution is 0.628. The van der Waals surface area contributed by atoms with Gasteiger partial charge in [-0.2, -0.15) is 5.10 Å². The summed E-state index contributed by atoms with van der Waals surface area (Å²) in [5.41, 5.74) is 7.53. The summed E-state index contributed by atoms with van der Waals surface area (Å²) in [4.78, 5) is 17.0. The van der Waals surface area contributed by atoms with Gasteiger partial charge in [0, 0.05) is 42.5 Å². The lowest BCUT2D eigenvalue weighted by Crippen LogP contribution is -2.23. The number of aromatic amines is 2. The molecule has 202 valence electrons. The van der Waals surface area contributed by atoms with Crippen molar-refractivity contribution in [1.29, 1.82) is 0 Å². The molecule has 0 spiro atoms. The van der Waals surface area contributed by atoms with Crippen LogP contribution in [0.5, 0.6) is 0 Å². The highest BCUT2D eigenvalue weighted by atomic mass is 19.1. The standard InChI is InChI=1S/C33H28FN7/c1-3-29-27(12-21(2)25-13-23(17-36-18-25)16-35-15-22-8-5-4-6-9-22)32(41-40-29)33-38-30-20-37-19-28(31(30)39-33)24-10-7-11-26(34)14-24/h3-14,17-20,35,40H,2,15-16H2,1H3,(H,38,39)/b27-12+,29-3+. The molecule has 4 aromatic heterocycles. The van der Waals surface area contributed by atoms with Crippen molar-refractivity contribution >= 4 is 28.8 Å². The van der Waals surface area contributed by atoms with E-state index < -0.39 is 0 Å². The minimum Gasteiger partial charge on any atom is -0.335 e. The van der Waals surface area contributed by atoms with Crippen molar-refractivity contribution in [2.75, 3.05) is 0 Å². The van der Waals surface area contributed by atoms with E-state index in [1.54, 1.807) is 18.5 Å². The summed E-state index contributed by atoms with van der Waals surface area (Å²) >= 11 is 0. The Kier molecular flexibility index (Phi) is 7.30. The van der Waals surface area contributed by atoms with Crippen LogP contribution in [0.2, 0.25) is 0 Å². The number of nitrogens with one attached hydrogen (secondary N) is 3. The summed E-state index contributed by atoms with van der Waals surface area (Å²) in [5, 5.41) is 12.8. The molecular weight excluding hydrogens is 513 g/mol. The molecular formula is C33H28FN7. The van der Waals surface area contributed by atoms with Gasteiger partial charge in [-0.3, -0.25) is 15.1 Å². The van der Waals surface area contributed by atoms with E-state index in [9.17, 15) is 4.39 Å². The highest BCUT2D eigenvalue weighted by Gasteiger charge is 2.15. The van der Waals surface area contributed by atoms with Gasteiger partial charge in [0.05, 0.1) is 22.6 Å². The highest BCUT2D eigenvalue weighted by Crippen LogP contribution is 2.28. The number of imidazole rings is 1. The summed E-state index contributed by atoms with van der Waals surface area (Å²) < 4.78 is 13.9. The van der Waals surface area contributed by atoms with Crippen molar-refractivity contribution in [2.24, 2.45) is 0 Å². The summed E-state index contributed by atoms with van der Waals surface area (Å²) in [6, 6.07) is 18.8. The second-order valence-corrected chi connectivity index (χ2v) is 9.71. The number of fused-ring (bicyclic) bond motifs is 1. The second-order valence-electron chi connectivity index (χ2n) is 9.71. The molecule has 0 aliphatic carbocycles. The van der Waals surface area contributed by atoms with Gasteiger partial charge < -0.3 is 10.3 Å². The SMILES string of the molecule is C=C(/C=c1/c(-c2nc3c(-c4cccc(F)c4)cncc3[nH]2)n[nH]/c1=C/C)c1cncc(CNCc2ccccc2)c1. The van der Waals surface area contributed by atoms with Crippen LogP contribution in [0.3, 0.4) is 0 Å². The van der Waals surface area contributed by atoms with Crippen LogP contribution < -0.4 is 15.9 Å². The van der Waals surface area contributed by atoms with E-state index in [1.165, 1.54) is 17.7 Å². The summed E-state index contributed by atoms with van der Waals surface area (Å²) in [7, 11) is 0. The molecule has 0 bridgehead atoms. The van der Waals surface area contributed by atoms with Gasteiger partial charge in [0.25, 0.3) is 0 Å². The molecule has 0 aliphatic rings. The molecule has 0 unspecified atom stereocenters. The van der Waals surface area contributed by atoms with E-state index in [4.69, 9.17) is 4.98 Å². The van der Waals surface area contributed by atoms with Gasteiger partial charge in [0.2, 0.25) is 0 Å². The number of hydrogen-bond acceptors (Lipinski definition) is 5. The number of allylic oxidation sites excluding steroid dienone is 1. The Hall–Kier alpha value is -5.21. The first-order valence-corrected chi connectivity index (χ1v) is 13.3. The minimum absolute atomic E-state index is 0.313. The molecule has 0 amide bonds. The number of pyridine rings is 2. The van der Waals surface area contributed by atoms with E-state index in [2.05, 4.69) is 55.2 Å². The number of rotatable bonds is 8. The van der Waals surface area contributed by atoms with Crippen LogP contribution in [-0.4, -0.2) is 30.1 Å². The van der Waals surface area contributed by atoms with Crippen LogP contribution in [0.15, 0.2) is 92.0 Å². The molecule has 6 aromatic rings. The lowest BCUT2D eigenvalue weighted by Gasteiger charge is -2.07. The maximum absolute atomic E-state index is 13.9.